The van der Waals surface area contributed by atoms with Gasteiger partial charge in [0.05, 0.1) is 13.2 Å². The first-order valence-electron chi connectivity index (χ1n) is 5.13. The molecular weight excluding hydrogens is 416 g/mol. The van der Waals surface area contributed by atoms with E-state index in [4.69, 9.17) is 69.6 Å². The summed E-state index contributed by atoms with van der Waals surface area (Å²) >= 11 is 34.0. The van der Waals surface area contributed by atoms with E-state index in [1.165, 1.54) is 0 Å². The van der Waals surface area contributed by atoms with Crippen LogP contribution in [0.2, 0.25) is 0 Å². The first kappa shape index (κ1) is 21.6. The highest BCUT2D eigenvalue weighted by Gasteiger charge is 2.47. The molecule has 2 atom stereocenters. The lowest BCUT2D eigenvalue weighted by Gasteiger charge is -2.29. The maximum atomic E-state index is 11.5. The molecule has 2 unspecified atom stereocenters. The van der Waals surface area contributed by atoms with Crippen molar-refractivity contribution < 1.29 is 18.5 Å². The van der Waals surface area contributed by atoms with E-state index in [1.54, 1.807) is 6.92 Å². The van der Waals surface area contributed by atoms with Crippen molar-refractivity contribution in [3.8, 4) is 0 Å². The van der Waals surface area contributed by atoms with E-state index in [2.05, 4.69) is 15.6 Å². The van der Waals surface area contributed by atoms with Crippen LogP contribution in [0.5, 0.6) is 0 Å². The summed E-state index contributed by atoms with van der Waals surface area (Å²) in [6.45, 7) is 4.64. The summed E-state index contributed by atoms with van der Waals surface area (Å²) in [7, 11) is -4.34. The molecule has 11 heteroatoms. The summed E-state index contributed by atoms with van der Waals surface area (Å²) in [6, 6.07) is 0. The molecule has 0 aliphatic carbocycles. The Balaban J connectivity index is 4.44. The smallest absolute Gasteiger partial charge is 0.302 e. The van der Waals surface area contributed by atoms with Crippen molar-refractivity contribution in [2.45, 2.75) is 26.8 Å². The fourth-order valence-electron chi connectivity index (χ4n) is 0.853. The summed E-state index contributed by atoms with van der Waals surface area (Å²) in [5, 5.41) is -1.38. The molecule has 0 rings (SSSR count). The van der Waals surface area contributed by atoms with Crippen molar-refractivity contribution >= 4 is 77.4 Å². The number of rotatable bonds is 8. The summed E-state index contributed by atoms with van der Waals surface area (Å²) < 4.78 is 17.0. The quantitative estimate of drug-likeness (QED) is 0.326. The minimum atomic E-state index is -4.34. The Bertz CT molecular complexity index is 383. The van der Waals surface area contributed by atoms with Crippen molar-refractivity contribution in [2.75, 3.05) is 13.2 Å². The normalized spacial score (nSPS) is 17.6. The molecule has 0 aliphatic heterocycles. The Kier molecular flexibility index (Phi) is 9.12. The number of phosphoric acid groups is 1. The van der Waals surface area contributed by atoms with Crippen LogP contribution in [-0.4, -0.2) is 31.6 Å². The van der Waals surface area contributed by atoms with Crippen LogP contribution in [0.15, 0.2) is 12.2 Å². The molecular formula is C9H13Cl6O4P. The van der Waals surface area contributed by atoms with Crippen LogP contribution in [-0.2, 0) is 13.6 Å². The molecule has 0 bridgehead atoms. The minimum Gasteiger partial charge on any atom is -0.302 e. The number of alkyl halides is 6. The van der Waals surface area contributed by atoms with Gasteiger partial charge in [-0.3, -0.25) is 9.05 Å². The molecule has 0 aromatic rings. The van der Waals surface area contributed by atoms with E-state index in [0.717, 1.165) is 5.57 Å². The molecule has 0 aliphatic rings. The zero-order valence-electron chi connectivity index (χ0n) is 10.3. The second-order valence-corrected chi connectivity index (χ2v) is 9.75. The molecule has 0 fully saturated rings. The lowest BCUT2D eigenvalue weighted by molar-refractivity contribution is 0.146. The highest BCUT2D eigenvalue weighted by atomic mass is 35.6. The standard InChI is InChI=1S/C9H13Cl6O4P/c1-6(2)3-4-18-20(16,17)19-5-8(11,12)7(10)9(13,14)15/h7H,1,3-5H2,2H3,(H,16,17). The lowest BCUT2D eigenvalue weighted by atomic mass is 10.3. The fraction of sp³-hybridized carbons (Fsp3) is 0.778. The van der Waals surface area contributed by atoms with Gasteiger partial charge in [0.2, 0.25) is 3.79 Å². The van der Waals surface area contributed by atoms with Crippen molar-refractivity contribution in [2.24, 2.45) is 0 Å². The second kappa shape index (κ2) is 8.44. The fourth-order valence-corrected chi connectivity index (χ4v) is 3.16. The maximum absolute atomic E-state index is 11.5. The molecule has 0 spiro atoms. The van der Waals surface area contributed by atoms with Gasteiger partial charge in [-0.1, -0.05) is 63.6 Å². The topological polar surface area (TPSA) is 55.8 Å². The summed E-state index contributed by atoms with van der Waals surface area (Å²) in [5.41, 5.74) is 0.783. The van der Waals surface area contributed by atoms with E-state index in [-0.39, 0.29) is 6.61 Å². The predicted octanol–water partition coefficient (Wildman–Crippen LogP) is 5.24. The molecule has 0 radical (unpaired) electrons. The Morgan fingerprint density at radius 3 is 2.20 bits per heavy atom. The third-order valence-corrected chi connectivity index (χ3v) is 5.39. The van der Waals surface area contributed by atoms with Crippen LogP contribution in [0.25, 0.3) is 0 Å². The Morgan fingerprint density at radius 1 is 1.30 bits per heavy atom. The van der Waals surface area contributed by atoms with E-state index < -0.39 is 27.9 Å². The second-order valence-electron chi connectivity index (χ2n) is 3.95. The van der Waals surface area contributed by atoms with E-state index in [0.29, 0.717) is 6.42 Å². The Morgan fingerprint density at radius 2 is 1.80 bits per heavy atom. The van der Waals surface area contributed by atoms with Gasteiger partial charge in [0.15, 0.2) is 4.33 Å². The zero-order chi connectivity index (χ0) is 16.2. The zero-order valence-corrected chi connectivity index (χ0v) is 15.7. The highest BCUT2D eigenvalue weighted by molar-refractivity contribution is 7.47. The molecule has 0 heterocycles. The van der Waals surface area contributed by atoms with Gasteiger partial charge in [-0.05, 0) is 13.3 Å². The van der Waals surface area contributed by atoms with Crippen LogP contribution in [0.4, 0.5) is 0 Å². The average Bonchev–Trinajstić information content (AvgIpc) is 2.23. The molecule has 0 aromatic carbocycles. The van der Waals surface area contributed by atoms with Crippen LogP contribution in [0.1, 0.15) is 13.3 Å². The first-order chi connectivity index (χ1) is 8.78. The van der Waals surface area contributed by atoms with Crippen molar-refractivity contribution in [3.05, 3.63) is 12.2 Å². The van der Waals surface area contributed by atoms with Crippen molar-refractivity contribution in [1.29, 1.82) is 0 Å². The maximum Gasteiger partial charge on any atom is 0.472 e. The molecule has 1 N–H and O–H groups in total. The number of phosphoric ester groups is 1. The van der Waals surface area contributed by atoms with Crippen LogP contribution in [0.3, 0.4) is 0 Å². The number of hydrogen-bond acceptors (Lipinski definition) is 3. The van der Waals surface area contributed by atoms with E-state index in [1.807, 2.05) is 0 Å². The largest absolute Gasteiger partial charge is 0.472 e. The molecule has 0 aromatic heterocycles. The molecule has 0 saturated heterocycles. The van der Waals surface area contributed by atoms with Crippen molar-refractivity contribution in [3.63, 3.8) is 0 Å². The molecule has 20 heavy (non-hydrogen) atoms. The van der Waals surface area contributed by atoms with Gasteiger partial charge in [-0.2, -0.15) is 0 Å². The van der Waals surface area contributed by atoms with Gasteiger partial charge in [-0.25, -0.2) is 4.57 Å². The van der Waals surface area contributed by atoms with E-state index in [9.17, 15) is 9.46 Å². The highest BCUT2D eigenvalue weighted by Crippen LogP contribution is 2.49. The predicted molar refractivity (Wildman–Crippen MR) is 85.5 cm³/mol. The van der Waals surface area contributed by atoms with E-state index >= 15 is 0 Å². The minimum absolute atomic E-state index is 0.0462. The monoisotopic (exact) mass is 426 g/mol. The lowest BCUT2D eigenvalue weighted by Crippen LogP contribution is -2.40. The van der Waals surface area contributed by atoms with Gasteiger partial charge in [-0.15, -0.1) is 18.2 Å². The van der Waals surface area contributed by atoms with Gasteiger partial charge >= 0.3 is 7.82 Å². The van der Waals surface area contributed by atoms with Crippen molar-refractivity contribution in [1.82, 2.24) is 0 Å². The van der Waals surface area contributed by atoms with Crippen LogP contribution < -0.4 is 0 Å². The Hall–Kier alpha value is 1.59. The van der Waals surface area contributed by atoms with Gasteiger partial charge in [0.1, 0.15) is 5.38 Å². The Labute approximate surface area is 147 Å². The number of halogens is 6. The SMILES string of the molecule is C=C(C)CCOP(=O)(O)OCC(Cl)(Cl)C(Cl)C(Cl)(Cl)Cl. The molecule has 0 saturated carbocycles. The van der Waals surface area contributed by atoms with Gasteiger partial charge in [0.25, 0.3) is 0 Å². The third kappa shape index (κ3) is 8.89. The van der Waals surface area contributed by atoms with Gasteiger partial charge in [0, 0.05) is 0 Å². The average molecular weight is 429 g/mol. The van der Waals surface area contributed by atoms with Crippen LogP contribution >= 0.6 is 77.4 Å². The summed E-state index contributed by atoms with van der Waals surface area (Å²) in [4.78, 5) is 9.40. The number of hydrogen-bond donors (Lipinski definition) is 1. The van der Waals surface area contributed by atoms with Gasteiger partial charge < -0.3 is 4.89 Å². The molecule has 120 valence electrons. The van der Waals surface area contributed by atoms with Crippen LogP contribution in [0, 0.1) is 0 Å². The molecule has 4 nitrogen and oxygen atoms in total. The summed E-state index contributed by atoms with van der Waals surface area (Å²) in [5.74, 6) is 0. The molecule has 0 amide bonds. The first-order valence-corrected chi connectivity index (χ1v) is 8.95. The third-order valence-electron chi connectivity index (χ3n) is 1.86. The summed E-state index contributed by atoms with van der Waals surface area (Å²) in [6.07, 6.45) is 0.396.